The van der Waals surface area contributed by atoms with E-state index >= 15 is 0 Å². The number of aryl methyl sites for hydroxylation is 3. The van der Waals surface area contributed by atoms with Crippen molar-refractivity contribution >= 4 is 59.0 Å². The van der Waals surface area contributed by atoms with Crippen LogP contribution in [0.4, 0.5) is 0 Å². The lowest BCUT2D eigenvalue weighted by Gasteiger charge is -2.09. The number of hydrogen-bond acceptors (Lipinski definition) is 4. The minimum absolute atomic E-state index is 0.720. The van der Waals surface area contributed by atoms with Crippen molar-refractivity contribution < 1.29 is 4.74 Å². The molecule has 0 aliphatic carbocycles. The molecule has 0 atom stereocenters. The molecule has 2 aliphatic heterocycles. The van der Waals surface area contributed by atoms with Crippen LogP contribution in [0.5, 0.6) is 5.75 Å². The molecule has 7 aromatic rings. The van der Waals surface area contributed by atoms with E-state index in [1.165, 1.54) is 55.2 Å². The average molecular weight is 831 g/mol. The normalized spacial score (nSPS) is 12.0. The molecule has 310 valence electrons. The van der Waals surface area contributed by atoms with Crippen LogP contribution < -0.4 is 4.74 Å². The zero-order chi connectivity index (χ0) is 42.4. The van der Waals surface area contributed by atoms with Gasteiger partial charge in [0.1, 0.15) is 5.75 Å². The quantitative estimate of drug-likeness (QED) is 0.0755. The summed E-state index contributed by atoms with van der Waals surface area (Å²) in [4.78, 5) is 18.7. The van der Waals surface area contributed by atoms with Crippen LogP contribution in [0.15, 0.2) is 121 Å². The highest BCUT2D eigenvalue weighted by molar-refractivity contribution is 7.80. The Labute approximate surface area is 371 Å². The van der Waals surface area contributed by atoms with Crippen molar-refractivity contribution in [3.8, 4) is 50.3 Å². The lowest BCUT2D eigenvalue weighted by atomic mass is 10.0. The Balaban J connectivity index is 1.24. The van der Waals surface area contributed by atoms with Gasteiger partial charge in [0.05, 0.1) is 29.4 Å². The predicted octanol–water partition coefficient (Wildman–Crippen LogP) is 15.3. The standard InChI is InChI=1S/C56H54N4OS/c1-37-11-17-40(18-12-37)53-45-27-29-47(57-45)54(41-19-13-38(2)14-20-41)49-31-33-51(59-49)56(43-23-25-44(26-24-43)61-35-9-7-5-4-6-8-10-36-62)52-34-32-50(60-52)55(48-30-28-46(53)58-48)42-21-15-39(3)16-22-42/h11-34,57,60,62H,4-10,35-36H2,1-3H3. The summed E-state index contributed by atoms with van der Waals surface area (Å²) in [6.07, 6.45) is 17.2. The number of H-pyrrole nitrogens is 2. The van der Waals surface area contributed by atoms with E-state index in [-0.39, 0.29) is 0 Å². The van der Waals surface area contributed by atoms with Crippen molar-refractivity contribution in [2.24, 2.45) is 0 Å². The number of fused-ring (bicyclic) bond motifs is 8. The first-order valence-corrected chi connectivity index (χ1v) is 22.8. The number of aromatic amines is 2. The molecule has 6 heteroatoms. The van der Waals surface area contributed by atoms with Gasteiger partial charge in [0.15, 0.2) is 0 Å². The molecule has 2 aliphatic rings. The van der Waals surface area contributed by atoms with Gasteiger partial charge >= 0.3 is 0 Å². The molecule has 0 radical (unpaired) electrons. The third-order valence-electron chi connectivity index (χ3n) is 12.0. The number of thiol groups is 1. The van der Waals surface area contributed by atoms with Crippen LogP contribution in [-0.4, -0.2) is 32.3 Å². The molecule has 62 heavy (non-hydrogen) atoms. The summed E-state index contributed by atoms with van der Waals surface area (Å²) in [5, 5.41) is 0. The number of unbranched alkanes of at least 4 members (excludes halogenated alkanes) is 6. The van der Waals surface area contributed by atoms with Gasteiger partial charge in [-0.1, -0.05) is 134 Å². The SMILES string of the molecule is Cc1ccc(-c2c3nc(c(-c4ccc(C)cc4)c4ccc([nH]4)c(-c4ccc(OCCCCCCCCCS)cc4)c4nc(c(-c5ccc(C)cc5)c5ccc2[nH]5)C=C4)C=C3)cc1. The predicted molar refractivity (Wildman–Crippen MR) is 266 cm³/mol. The molecular formula is C56H54N4OS. The van der Waals surface area contributed by atoms with Crippen molar-refractivity contribution in [1.29, 1.82) is 0 Å². The first-order valence-electron chi connectivity index (χ1n) is 22.1. The number of rotatable bonds is 14. The smallest absolute Gasteiger partial charge is 0.119 e. The molecule has 2 N–H and O–H groups in total. The van der Waals surface area contributed by atoms with E-state index in [4.69, 9.17) is 14.7 Å². The first-order chi connectivity index (χ1) is 30.4. The molecule has 8 bridgehead atoms. The van der Waals surface area contributed by atoms with E-state index in [2.05, 4.69) is 189 Å². The molecule has 5 nitrogen and oxygen atoms in total. The highest BCUT2D eigenvalue weighted by atomic mass is 32.1. The highest BCUT2D eigenvalue weighted by Crippen LogP contribution is 2.39. The van der Waals surface area contributed by atoms with Gasteiger partial charge in [-0.15, -0.1) is 0 Å². The fourth-order valence-electron chi connectivity index (χ4n) is 8.59. The highest BCUT2D eigenvalue weighted by Gasteiger charge is 2.19. The van der Waals surface area contributed by atoms with E-state index in [9.17, 15) is 0 Å². The molecule has 0 unspecified atom stereocenters. The molecule has 0 spiro atoms. The summed E-state index contributed by atoms with van der Waals surface area (Å²) in [6, 6.07) is 43.5. The largest absolute Gasteiger partial charge is 0.494 e. The molecule has 0 saturated heterocycles. The Kier molecular flexibility index (Phi) is 12.4. The van der Waals surface area contributed by atoms with Crippen molar-refractivity contribution in [2.75, 3.05) is 12.4 Å². The Bertz CT molecular complexity index is 2870. The van der Waals surface area contributed by atoms with E-state index in [1.54, 1.807) is 0 Å². The summed E-state index contributed by atoms with van der Waals surface area (Å²) in [6.45, 7) is 7.10. The van der Waals surface area contributed by atoms with Crippen LogP contribution >= 0.6 is 12.6 Å². The van der Waals surface area contributed by atoms with Crippen molar-refractivity contribution in [3.63, 3.8) is 0 Å². The van der Waals surface area contributed by atoms with Crippen LogP contribution in [0.25, 0.3) is 90.9 Å². The maximum atomic E-state index is 6.26. The fourth-order valence-corrected chi connectivity index (χ4v) is 8.81. The molecule has 0 amide bonds. The van der Waals surface area contributed by atoms with Gasteiger partial charge in [0.25, 0.3) is 0 Å². The first kappa shape index (κ1) is 41.0. The zero-order valence-electron chi connectivity index (χ0n) is 36.0. The molecule has 0 saturated carbocycles. The van der Waals surface area contributed by atoms with E-state index in [0.717, 1.165) is 114 Å². The topological polar surface area (TPSA) is 66.6 Å². The molecule has 9 rings (SSSR count). The Morgan fingerprint density at radius 1 is 0.387 bits per heavy atom. The second kappa shape index (κ2) is 18.7. The Hall–Kier alpha value is -6.37. The van der Waals surface area contributed by atoms with Crippen LogP contribution in [0.2, 0.25) is 0 Å². The van der Waals surface area contributed by atoms with Crippen molar-refractivity contribution in [2.45, 2.75) is 65.7 Å². The van der Waals surface area contributed by atoms with Gasteiger partial charge in [0, 0.05) is 44.3 Å². The second-order valence-corrected chi connectivity index (χ2v) is 17.1. The van der Waals surface area contributed by atoms with Gasteiger partial charge in [0.2, 0.25) is 0 Å². The monoisotopic (exact) mass is 830 g/mol. The summed E-state index contributed by atoms with van der Waals surface area (Å²) in [5.41, 5.74) is 19.6. The van der Waals surface area contributed by atoms with Crippen LogP contribution in [-0.2, 0) is 0 Å². The number of ether oxygens (including phenoxy) is 1. The lowest BCUT2D eigenvalue weighted by molar-refractivity contribution is 0.304. The van der Waals surface area contributed by atoms with Gasteiger partial charge in [-0.05, 0) is 122 Å². The van der Waals surface area contributed by atoms with Gasteiger partial charge in [-0.2, -0.15) is 12.6 Å². The molecule has 5 heterocycles. The van der Waals surface area contributed by atoms with Gasteiger partial charge in [-0.3, -0.25) is 0 Å². The second-order valence-electron chi connectivity index (χ2n) is 16.7. The number of nitrogens with zero attached hydrogens (tertiary/aromatic N) is 2. The summed E-state index contributed by atoms with van der Waals surface area (Å²) < 4.78 is 6.26. The molecular weight excluding hydrogens is 777 g/mol. The summed E-state index contributed by atoms with van der Waals surface area (Å²) in [7, 11) is 0. The fraction of sp³-hybridized carbons (Fsp3) is 0.214. The van der Waals surface area contributed by atoms with Crippen molar-refractivity contribution in [3.05, 3.63) is 161 Å². The molecule has 4 aromatic carbocycles. The maximum absolute atomic E-state index is 6.26. The van der Waals surface area contributed by atoms with Crippen molar-refractivity contribution in [1.82, 2.24) is 19.9 Å². The number of nitrogens with one attached hydrogen (secondary N) is 2. The van der Waals surface area contributed by atoms with Gasteiger partial charge in [-0.25, -0.2) is 9.97 Å². The summed E-state index contributed by atoms with van der Waals surface area (Å²) in [5.74, 6) is 1.87. The third kappa shape index (κ3) is 8.98. The number of aromatic nitrogens is 4. The van der Waals surface area contributed by atoms with E-state index < -0.39 is 0 Å². The molecule has 3 aromatic heterocycles. The Morgan fingerprint density at radius 2 is 0.694 bits per heavy atom. The molecule has 0 fully saturated rings. The van der Waals surface area contributed by atoms with E-state index in [0.29, 0.717) is 0 Å². The van der Waals surface area contributed by atoms with Gasteiger partial charge < -0.3 is 14.7 Å². The minimum atomic E-state index is 0.720. The van der Waals surface area contributed by atoms with E-state index in [1.807, 2.05) is 0 Å². The average Bonchev–Trinajstić information content (AvgIpc) is 4.14. The third-order valence-corrected chi connectivity index (χ3v) is 12.3. The number of benzene rings is 4. The summed E-state index contributed by atoms with van der Waals surface area (Å²) >= 11 is 4.34. The number of hydrogen-bond donors (Lipinski definition) is 3. The van der Waals surface area contributed by atoms with Crippen LogP contribution in [0.3, 0.4) is 0 Å². The maximum Gasteiger partial charge on any atom is 0.119 e. The zero-order valence-corrected chi connectivity index (χ0v) is 36.9. The van der Waals surface area contributed by atoms with Crippen LogP contribution in [0.1, 0.15) is 84.4 Å². The lowest BCUT2D eigenvalue weighted by Crippen LogP contribution is -1.97. The minimum Gasteiger partial charge on any atom is -0.494 e. The Morgan fingerprint density at radius 3 is 1.03 bits per heavy atom. The van der Waals surface area contributed by atoms with Crippen LogP contribution in [0, 0.1) is 20.8 Å².